The molecule has 0 bridgehead atoms. The first-order valence-corrected chi connectivity index (χ1v) is 13.8. The molecule has 3 aliphatic rings. The standard InChI is InChI=1S/C27H25ClF2N6O6/c1-13-27(11-39-12-27)40-7-6-35(13)16-9-19(28)33-34-25(16)41-14-8-17(26(37)38)36(10-14)24-21-20(31-23(32-24)22(29)30)15-4-2-3-5-18(15)42-21/h2-5,9,13-14,17,22H,6-8,10-12H2,1H3,(H,37,38)/t13-,14+,17+/m1/s1. The van der Waals surface area contributed by atoms with E-state index in [9.17, 15) is 18.7 Å². The second-order valence-corrected chi connectivity index (χ2v) is 11.0. The molecule has 3 atom stereocenters. The van der Waals surface area contributed by atoms with Crippen molar-refractivity contribution in [1.29, 1.82) is 0 Å². The van der Waals surface area contributed by atoms with Crippen LogP contribution in [0.1, 0.15) is 25.6 Å². The Hall–Kier alpha value is -3.88. The van der Waals surface area contributed by atoms with Crippen molar-refractivity contribution in [2.24, 2.45) is 0 Å². The van der Waals surface area contributed by atoms with Crippen LogP contribution in [0.3, 0.4) is 0 Å². The third-order valence-electron chi connectivity index (χ3n) is 8.18. The molecule has 42 heavy (non-hydrogen) atoms. The summed E-state index contributed by atoms with van der Waals surface area (Å²) < 4.78 is 51.5. The summed E-state index contributed by atoms with van der Waals surface area (Å²) in [6, 6.07) is 7.27. The molecular formula is C27H25ClF2N6O6. The van der Waals surface area contributed by atoms with Gasteiger partial charge in [0.25, 0.3) is 12.3 Å². The number of alkyl halides is 2. The molecule has 0 amide bonds. The van der Waals surface area contributed by atoms with E-state index < -0.39 is 36.0 Å². The third-order valence-corrected chi connectivity index (χ3v) is 8.36. The lowest BCUT2D eigenvalue weighted by atomic mass is 9.90. The smallest absolute Gasteiger partial charge is 0.326 e. The third kappa shape index (κ3) is 4.36. The molecular weight excluding hydrogens is 578 g/mol. The molecule has 15 heteroatoms. The number of ether oxygens (including phenoxy) is 3. The summed E-state index contributed by atoms with van der Waals surface area (Å²) in [5.74, 6) is -1.76. The number of carbonyl (C=O) groups is 1. The summed E-state index contributed by atoms with van der Waals surface area (Å²) in [6.07, 6.45) is -3.67. The van der Waals surface area contributed by atoms with Crippen LogP contribution in [-0.2, 0) is 14.3 Å². The number of para-hydroxylation sites is 1. The van der Waals surface area contributed by atoms with Crippen LogP contribution in [0.2, 0.25) is 5.15 Å². The SMILES string of the molecule is C[C@H]1N(c2cc(Cl)nnc2O[C@H]2C[C@@H](C(=O)O)N(c3nc(C(F)F)nc4c3oc3ccccc34)C2)CCOC12COC2. The number of benzene rings is 1. The van der Waals surface area contributed by atoms with Crippen LogP contribution in [0, 0.1) is 0 Å². The normalized spacial score (nSPS) is 23.7. The van der Waals surface area contributed by atoms with E-state index in [0.717, 1.165) is 0 Å². The van der Waals surface area contributed by atoms with Crippen molar-refractivity contribution >= 4 is 51.1 Å². The lowest BCUT2D eigenvalue weighted by Crippen LogP contribution is -2.68. The van der Waals surface area contributed by atoms with Gasteiger partial charge in [0.1, 0.15) is 34.5 Å². The van der Waals surface area contributed by atoms with Gasteiger partial charge in [0.05, 0.1) is 32.4 Å². The molecule has 0 radical (unpaired) electrons. The zero-order valence-electron chi connectivity index (χ0n) is 22.2. The molecule has 1 aromatic carbocycles. The lowest BCUT2D eigenvalue weighted by Gasteiger charge is -2.53. The number of hydrogen-bond acceptors (Lipinski definition) is 11. The maximum absolute atomic E-state index is 13.9. The number of morpholine rings is 1. The molecule has 1 spiro atoms. The summed E-state index contributed by atoms with van der Waals surface area (Å²) in [5.41, 5.74) is 0.847. The number of aliphatic carboxylic acids is 1. The summed E-state index contributed by atoms with van der Waals surface area (Å²) in [6.45, 7) is 3.94. The Morgan fingerprint density at radius 2 is 2.02 bits per heavy atom. The van der Waals surface area contributed by atoms with Crippen LogP contribution in [0.4, 0.5) is 20.3 Å². The Kier molecular flexibility index (Phi) is 6.51. The molecule has 3 saturated heterocycles. The van der Waals surface area contributed by atoms with Gasteiger partial charge < -0.3 is 33.5 Å². The van der Waals surface area contributed by atoms with E-state index >= 15 is 0 Å². The van der Waals surface area contributed by atoms with Crippen molar-refractivity contribution in [1.82, 2.24) is 20.2 Å². The molecule has 220 valence electrons. The van der Waals surface area contributed by atoms with Crippen LogP contribution in [0.25, 0.3) is 22.1 Å². The van der Waals surface area contributed by atoms with Crippen molar-refractivity contribution in [3.05, 3.63) is 41.3 Å². The predicted octanol–water partition coefficient (Wildman–Crippen LogP) is 3.86. The minimum Gasteiger partial charge on any atom is -0.480 e. The number of halogens is 3. The fraction of sp³-hybridized carbons (Fsp3) is 0.444. The monoisotopic (exact) mass is 602 g/mol. The average molecular weight is 603 g/mol. The number of furan rings is 1. The summed E-state index contributed by atoms with van der Waals surface area (Å²) in [4.78, 5) is 24.0. The van der Waals surface area contributed by atoms with E-state index in [-0.39, 0.29) is 47.0 Å². The first kappa shape index (κ1) is 27.0. The predicted molar refractivity (Wildman–Crippen MR) is 145 cm³/mol. The van der Waals surface area contributed by atoms with Gasteiger partial charge in [0.2, 0.25) is 0 Å². The zero-order valence-corrected chi connectivity index (χ0v) is 23.0. The highest BCUT2D eigenvalue weighted by Crippen LogP contribution is 2.41. The van der Waals surface area contributed by atoms with Crippen LogP contribution in [0.5, 0.6) is 5.88 Å². The molecule has 7 rings (SSSR count). The minimum absolute atomic E-state index is 0.00297. The number of hydrogen-bond donors (Lipinski definition) is 1. The van der Waals surface area contributed by atoms with Gasteiger partial charge in [-0.05, 0) is 19.1 Å². The second-order valence-electron chi connectivity index (χ2n) is 10.6. The van der Waals surface area contributed by atoms with Crippen LogP contribution >= 0.6 is 11.6 Å². The molecule has 4 aromatic rings. The number of anilines is 2. The van der Waals surface area contributed by atoms with Gasteiger partial charge in [0.15, 0.2) is 22.4 Å². The van der Waals surface area contributed by atoms with Gasteiger partial charge in [-0.1, -0.05) is 23.7 Å². The fourth-order valence-electron chi connectivity index (χ4n) is 5.93. The molecule has 0 saturated carbocycles. The molecule has 6 heterocycles. The first-order valence-electron chi connectivity index (χ1n) is 13.4. The molecule has 1 N–H and O–H groups in total. The van der Waals surface area contributed by atoms with Crippen LogP contribution < -0.4 is 14.5 Å². The Bertz CT molecular complexity index is 1690. The largest absolute Gasteiger partial charge is 0.480 e. The topological polar surface area (TPSA) is 136 Å². The van der Waals surface area contributed by atoms with Gasteiger partial charge >= 0.3 is 5.97 Å². The minimum atomic E-state index is -2.98. The Morgan fingerprint density at radius 1 is 1.21 bits per heavy atom. The maximum atomic E-state index is 13.9. The highest BCUT2D eigenvalue weighted by atomic mass is 35.5. The highest BCUT2D eigenvalue weighted by Gasteiger charge is 2.50. The van der Waals surface area contributed by atoms with Gasteiger partial charge in [-0.15, -0.1) is 10.2 Å². The molecule has 3 aliphatic heterocycles. The quantitative estimate of drug-likeness (QED) is 0.343. The highest BCUT2D eigenvalue weighted by molar-refractivity contribution is 6.29. The van der Waals surface area contributed by atoms with Gasteiger partial charge in [-0.25, -0.2) is 23.5 Å². The van der Waals surface area contributed by atoms with Crippen molar-refractivity contribution in [3.63, 3.8) is 0 Å². The summed E-state index contributed by atoms with van der Waals surface area (Å²) in [5, 5.41) is 19.0. The van der Waals surface area contributed by atoms with E-state index in [1.54, 1.807) is 30.3 Å². The van der Waals surface area contributed by atoms with Gasteiger partial charge in [-0.2, -0.15) is 0 Å². The van der Waals surface area contributed by atoms with Crippen LogP contribution in [-0.4, -0.2) is 87.9 Å². The Morgan fingerprint density at radius 3 is 2.76 bits per heavy atom. The molecule has 3 fully saturated rings. The number of carboxylic acids is 1. The Balaban J connectivity index is 1.24. The van der Waals surface area contributed by atoms with Gasteiger partial charge in [0, 0.05) is 24.4 Å². The van der Waals surface area contributed by atoms with E-state index in [4.69, 9.17) is 30.2 Å². The maximum Gasteiger partial charge on any atom is 0.326 e. The van der Waals surface area contributed by atoms with Crippen molar-refractivity contribution in [3.8, 4) is 5.88 Å². The van der Waals surface area contributed by atoms with Crippen LogP contribution in [0.15, 0.2) is 34.7 Å². The van der Waals surface area contributed by atoms with E-state index in [1.165, 1.54) is 4.90 Å². The molecule has 12 nitrogen and oxygen atoms in total. The second kappa shape index (κ2) is 10.1. The van der Waals surface area contributed by atoms with E-state index in [0.29, 0.717) is 43.0 Å². The Labute approximate surface area is 242 Å². The number of fused-ring (bicyclic) bond motifs is 3. The lowest BCUT2D eigenvalue weighted by molar-refractivity contribution is -0.228. The number of carboxylic acid groups (broad SMARTS) is 1. The number of nitrogens with zero attached hydrogens (tertiary/aromatic N) is 6. The first-order chi connectivity index (χ1) is 20.2. The number of rotatable bonds is 6. The molecule has 3 aromatic heterocycles. The average Bonchev–Trinajstić information content (AvgIpc) is 3.54. The van der Waals surface area contributed by atoms with E-state index in [2.05, 4.69) is 25.1 Å². The van der Waals surface area contributed by atoms with Crippen molar-refractivity contribution < 1.29 is 37.3 Å². The van der Waals surface area contributed by atoms with E-state index in [1.807, 2.05) is 6.92 Å². The zero-order chi connectivity index (χ0) is 29.2. The molecule has 0 aliphatic carbocycles. The summed E-state index contributed by atoms with van der Waals surface area (Å²) >= 11 is 6.23. The van der Waals surface area contributed by atoms with Crippen molar-refractivity contribution in [2.45, 2.75) is 43.6 Å². The summed E-state index contributed by atoms with van der Waals surface area (Å²) in [7, 11) is 0. The van der Waals surface area contributed by atoms with Crippen molar-refractivity contribution in [2.75, 3.05) is 42.7 Å². The number of aromatic nitrogens is 4. The van der Waals surface area contributed by atoms with Gasteiger partial charge in [-0.3, -0.25) is 0 Å². The fourth-order valence-corrected chi connectivity index (χ4v) is 6.08. The molecule has 0 unspecified atom stereocenters.